The number of fused-ring (bicyclic) bond motifs is 1. The first-order valence-electron chi connectivity index (χ1n) is 11.1. The number of aryl methyl sites for hydroxylation is 1. The minimum absolute atomic E-state index is 0.156. The Bertz CT molecular complexity index is 1050. The molecule has 1 amide bonds. The molecule has 2 saturated heterocycles. The van der Waals surface area contributed by atoms with Crippen LogP contribution in [0.15, 0.2) is 35.4 Å². The number of aromatic nitrogens is 1. The first-order chi connectivity index (χ1) is 14.7. The normalized spacial score (nSPS) is 23.9. The lowest BCUT2D eigenvalue weighted by atomic mass is 9.92. The van der Waals surface area contributed by atoms with E-state index in [0.717, 1.165) is 24.0 Å². The molecule has 2 aromatic rings. The van der Waals surface area contributed by atoms with Gasteiger partial charge in [0.15, 0.2) is 0 Å². The van der Waals surface area contributed by atoms with Gasteiger partial charge in [0, 0.05) is 50.9 Å². The molecule has 0 aliphatic carbocycles. The Morgan fingerprint density at radius 1 is 1.10 bits per heavy atom. The van der Waals surface area contributed by atoms with Crippen molar-refractivity contribution in [2.75, 3.05) is 45.8 Å². The van der Waals surface area contributed by atoms with Crippen LogP contribution in [0, 0.1) is 18.8 Å². The monoisotopic (exact) mass is 444 g/mol. The second kappa shape index (κ2) is 8.84. The average Bonchev–Trinajstić information content (AvgIpc) is 2.72. The van der Waals surface area contributed by atoms with Crippen LogP contribution in [0.25, 0.3) is 10.9 Å². The maximum absolute atomic E-state index is 13.3. The van der Waals surface area contributed by atoms with E-state index in [1.807, 2.05) is 24.0 Å². The summed E-state index contributed by atoms with van der Waals surface area (Å²) in [6, 6.07) is 7.24. The number of carbonyl (C=O) groups is 1. The van der Waals surface area contributed by atoms with Gasteiger partial charge in [0.1, 0.15) is 4.90 Å². The standard InChI is InChI=1S/C23H32N4O3S/c1-17-12-20-5-4-6-21(23(20)24-13-17)31(29,30)27-9-7-25(8-10-27)16-22(28)26-14-18(2)11-19(3)15-26/h4-6,12-13,18-19H,7-11,14-16H2,1-3H3/t18-,19-/m1/s1. The number of piperidine rings is 1. The summed E-state index contributed by atoms with van der Waals surface area (Å²) in [5.74, 6) is 1.23. The summed E-state index contributed by atoms with van der Waals surface area (Å²) in [5, 5.41) is 0.829. The number of carbonyl (C=O) groups excluding carboxylic acids is 1. The maximum Gasteiger partial charge on any atom is 0.245 e. The van der Waals surface area contributed by atoms with Crippen LogP contribution in [0.1, 0.15) is 25.8 Å². The highest BCUT2D eigenvalue weighted by Gasteiger charge is 2.32. The molecular formula is C23H32N4O3S. The topological polar surface area (TPSA) is 73.8 Å². The van der Waals surface area contributed by atoms with Crippen molar-refractivity contribution in [2.45, 2.75) is 32.1 Å². The van der Waals surface area contributed by atoms with E-state index in [9.17, 15) is 13.2 Å². The van der Waals surface area contributed by atoms with Crippen LogP contribution in [0.3, 0.4) is 0 Å². The van der Waals surface area contributed by atoms with Crippen LogP contribution in [0.4, 0.5) is 0 Å². The van der Waals surface area contributed by atoms with Gasteiger partial charge in [0.2, 0.25) is 15.9 Å². The Morgan fingerprint density at radius 2 is 1.77 bits per heavy atom. The van der Waals surface area contributed by atoms with Gasteiger partial charge in [0.05, 0.1) is 12.1 Å². The average molecular weight is 445 g/mol. The van der Waals surface area contributed by atoms with E-state index in [-0.39, 0.29) is 10.8 Å². The molecule has 4 rings (SSSR count). The number of amides is 1. The minimum Gasteiger partial charge on any atom is -0.341 e. The zero-order chi connectivity index (χ0) is 22.2. The summed E-state index contributed by atoms with van der Waals surface area (Å²) >= 11 is 0. The molecule has 0 N–H and O–H groups in total. The van der Waals surface area contributed by atoms with Crippen LogP contribution in [-0.4, -0.2) is 79.2 Å². The number of rotatable bonds is 4. The summed E-state index contributed by atoms with van der Waals surface area (Å²) in [4.78, 5) is 21.5. The molecule has 0 bridgehead atoms. The quantitative estimate of drug-likeness (QED) is 0.724. The summed E-state index contributed by atoms with van der Waals surface area (Å²) in [5.41, 5.74) is 1.51. The lowest BCUT2D eigenvalue weighted by Gasteiger charge is -2.38. The molecule has 31 heavy (non-hydrogen) atoms. The Kier molecular flexibility index (Phi) is 6.32. The van der Waals surface area contributed by atoms with Gasteiger partial charge in [0.25, 0.3) is 0 Å². The molecule has 0 radical (unpaired) electrons. The highest BCUT2D eigenvalue weighted by molar-refractivity contribution is 7.89. The Hall–Kier alpha value is -2.03. The molecule has 2 aliphatic heterocycles. The van der Waals surface area contributed by atoms with Gasteiger partial charge < -0.3 is 4.90 Å². The number of hydrogen-bond donors (Lipinski definition) is 0. The second-order valence-electron chi connectivity index (χ2n) is 9.27. The molecule has 0 spiro atoms. The van der Waals surface area contributed by atoms with Crippen LogP contribution in [-0.2, 0) is 14.8 Å². The van der Waals surface area contributed by atoms with Crippen molar-refractivity contribution in [3.63, 3.8) is 0 Å². The van der Waals surface area contributed by atoms with Crippen molar-refractivity contribution in [2.24, 2.45) is 11.8 Å². The highest BCUT2D eigenvalue weighted by Crippen LogP contribution is 2.26. The second-order valence-corrected chi connectivity index (χ2v) is 11.2. The van der Waals surface area contributed by atoms with Gasteiger partial charge in [-0.1, -0.05) is 26.0 Å². The molecule has 0 saturated carbocycles. The van der Waals surface area contributed by atoms with Gasteiger partial charge in [-0.2, -0.15) is 4.31 Å². The summed E-state index contributed by atoms with van der Waals surface area (Å²) in [7, 11) is -3.64. The summed E-state index contributed by atoms with van der Waals surface area (Å²) in [6.45, 7) is 10.2. The predicted molar refractivity (Wildman–Crippen MR) is 121 cm³/mol. The number of nitrogens with zero attached hydrogens (tertiary/aromatic N) is 4. The fourth-order valence-corrected chi connectivity index (χ4v) is 6.46. The molecule has 2 atom stereocenters. The van der Waals surface area contributed by atoms with Crippen LogP contribution in [0.5, 0.6) is 0 Å². The van der Waals surface area contributed by atoms with E-state index >= 15 is 0 Å². The van der Waals surface area contributed by atoms with Crippen LogP contribution in [0.2, 0.25) is 0 Å². The number of piperazine rings is 1. The molecule has 0 unspecified atom stereocenters. The molecule has 1 aromatic carbocycles. The number of pyridine rings is 1. The van der Waals surface area contributed by atoms with E-state index in [0.29, 0.717) is 50.1 Å². The van der Waals surface area contributed by atoms with Crippen molar-refractivity contribution in [1.29, 1.82) is 0 Å². The molecule has 2 aliphatic rings. The first-order valence-corrected chi connectivity index (χ1v) is 12.5. The van der Waals surface area contributed by atoms with E-state index in [4.69, 9.17) is 0 Å². The lowest BCUT2D eigenvalue weighted by molar-refractivity contribution is -0.135. The Morgan fingerprint density at radius 3 is 2.45 bits per heavy atom. The van der Waals surface area contributed by atoms with Crippen LogP contribution >= 0.6 is 0 Å². The van der Waals surface area contributed by atoms with E-state index in [2.05, 4.69) is 23.7 Å². The highest BCUT2D eigenvalue weighted by atomic mass is 32.2. The van der Waals surface area contributed by atoms with Crippen molar-refractivity contribution >= 4 is 26.8 Å². The Labute approximate surface area is 185 Å². The lowest BCUT2D eigenvalue weighted by Crippen LogP contribution is -2.52. The van der Waals surface area contributed by atoms with Gasteiger partial charge >= 0.3 is 0 Å². The van der Waals surface area contributed by atoms with Crippen molar-refractivity contribution in [1.82, 2.24) is 19.1 Å². The SMILES string of the molecule is Cc1cnc2c(S(=O)(=O)N3CCN(CC(=O)N4C[C@H](C)C[C@@H](C)C4)CC3)cccc2c1. The van der Waals surface area contributed by atoms with Crippen LogP contribution < -0.4 is 0 Å². The zero-order valence-electron chi connectivity index (χ0n) is 18.6. The van der Waals surface area contributed by atoms with Crippen molar-refractivity contribution < 1.29 is 13.2 Å². The van der Waals surface area contributed by atoms with Gasteiger partial charge in [-0.25, -0.2) is 8.42 Å². The third-order valence-electron chi connectivity index (χ3n) is 6.34. The predicted octanol–water partition coefficient (Wildman–Crippen LogP) is 2.35. The number of benzene rings is 1. The number of hydrogen-bond acceptors (Lipinski definition) is 5. The van der Waals surface area contributed by atoms with Gasteiger partial charge in [-0.3, -0.25) is 14.7 Å². The molecule has 1 aromatic heterocycles. The third-order valence-corrected chi connectivity index (χ3v) is 8.27. The molecule has 3 heterocycles. The molecule has 8 heteroatoms. The fourth-order valence-electron chi connectivity index (χ4n) is 4.88. The van der Waals surface area contributed by atoms with Gasteiger partial charge in [-0.05, 0) is 42.9 Å². The van der Waals surface area contributed by atoms with E-state index < -0.39 is 10.0 Å². The smallest absolute Gasteiger partial charge is 0.245 e. The third kappa shape index (κ3) is 4.76. The fraction of sp³-hybridized carbons (Fsp3) is 0.565. The van der Waals surface area contributed by atoms with E-state index in [1.54, 1.807) is 18.3 Å². The number of likely N-dealkylation sites (tertiary alicyclic amines) is 1. The number of sulfonamides is 1. The largest absolute Gasteiger partial charge is 0.341 e. The molecular weight excluding hydrogens is 412 g/mol. The van der Waals surface area contributed by atoms with E-state index in [1.165, 1.54) is 10.7 Å². The molecule has 2 fully saturated rings. The Balaban J connectivity index is 1.41. The number of para-hydroxylation sites is 1. The molecule has 168 valence electrons. The minimum atomic E-state index is -3.64. The molecule has 7 nitrogen and oxygen atoms in total. The zero-order valence-corrected chi connectivity index (χ0v) is 19.4. The van der Waals surface area contributed by atoms with Crippen molar-refractivity contribution in [3.8, 4) is 0 Å². The summed E-state index contributed by atoms with van der Waals surface area (Å²) in [6.07, 6.45) is 2.87. The van der Waals surface area contributed by atoms with Gasteiger partial charge in [-0.15, -0.1) is 0 Å². The van der Waals surface area contributed by atoms with Crippen molar-refractivity contribution in [3.05, 3.63) is 36.0 Å². The maximum atomic E-state index is 13.3. The first kappa shape index (κ1) is 22.2. The summed E-state index contributed by atoms with van der Waals surface area (Å²) < 4.78 is 28.2.